The largest absolute Gasteiger partial charge is 0.573 e. The van der Waals surface area contributed by atoms with E-state index in [4.69, 9.17) is 14.6 Å². The second kappa shape index (κ2) is 13.3. The predicted molar refractivity (Wildman–Crippen MR) is 102 cm³/mol. The van der Waals surface area contributed by atoms with Crippen LogP contribution in [0.3, 0.4) is 0 Å². The minimum absolute atomic E-state index is 0.0852. The molecular formula is C19H27F6NO6. The third-order valence-corrected chi connectivity index (χ3v) is 3.62. The van der Waals surface area contributed by atoms with Crippen LogP contribution in [0.4, 0.5) is 26.3 Å². The van der Waals surface area contributed by atoms with E-state index in [0.29, 0.717) is 12.5 Å². The first-order valence-electron chi connectivity index (χ1n) is 9.41. The SMILES string of the molecule is CC.CO.COC(C)CC1CC(O)OC(c2cc(OC(F)(F)F)cc(OC(F)(F)F)c2)=N1. The second-order valence-electron chi connectivity index (χ2n) is 5.97. The van der Waals surface area contributed by atoms with Gasteiger partial charge in [0.25, 0.3) is 0 Å². The maximum atomic E-state index is 12.5. The highest BCUT2D eigenvalue weighted by molar-refractivity contribution is 5.95. The molecule has 0 bridgehead atoms. The Balaban J connectivity index is 0.00000227. The van der Waals surface area contributed by atoms with Crippen molar-refractivity contribution in [3.8, 4) is 11.5 Å². The van der Waals surface area contributed by atoms with Crippen LogP contribution in [0.1, 0.15) is 39.2 Å². The highest BCUT2D eigenvalue weighted by atomic mass is 19.4. The lowest BCUT2D eigenvalue weighted by Crippen LogP contribution is -2.32. The summed E-state index contributed by atoms with van der Waals surface area (Å²) >= 11 is 0. The van der Waals surface area contributed by atoms with Gasteiger partial charge in [0, 0.05) is 32.3 Å². The Morgan fingerprint density at radius 1 is 1.03 bits per heavy atom. The molecular weight excluding hydrogens is 452 g/mol. The van der Waals surface area contributed by atoms with Gasteiger partial charge in [-0.3, -0.25) is 0 Å². The molecule has 0 aliphatic carbocycles. The zero-order valence-corrected chi connectivity index (χ0v) is 18.1. The first-order valence-corrected chi connectivity index (χ1v) is 9.41. The molecule has 0 radical (unpaired) electrons. The number of aliphatic hydroxyl groups is 2. The molecule has 7 nitrogen and oxygen atoms in total. The highest BCUT2D eigenvalue weighted by Crippen LogP contribution is 2.32. The Morgan fingerprint density at radius 3 is 1.91 bits per heavy atom. The van der Waals surface area contributed by atoms with Gasteiger partial charge in [0.15, 0.2) is 0 Å². The molecule has 13 heteroatoms. The molecule has 2 N–H and O–H groups in total. The normalized spacial score (nSPS) is 19.2. The molecule has 1 aromatic carbocycles. The maximum Gasteiger partial charge on any atom is 0.573 e. The monoisotopic (exact) mass is 479 g/mol. The van der Waals surface area contributed by atoms with Crippen LogP contribution in [0.25, 0.3) is 0 Å². The average molecular weight is 479 g/mol. The van der Waals surface area contributed by atoms with Gasteiger partial charge in [-0.1, -0.05) is 13.8 Å². The number of nitrogens with zero attached hydrogens (tertiary/aromatic N) is 1. The van der Waals surface area contributed by atoms with Crippen LogP contribution in [0.15, 0.2) is 23.2 Å². The summed E-state index contributed by atoms with van der Waals surface area (Å²) in [7, 11) is 2.46. The molecule has 0 fully saturated rings. The van der Waals surface area contributed by atoms with Crippen LogP contribution in [-0.2, 0) is 9.47 Å². The molecule has 3 unspecified atom stereocenters. The summed E-state index contributed by atoms with van der Waals surface area (Å²) in [6.45, 7) is 5.74. The lowest BCUT2D eigenvalue weighted by atomic mass is 10.1. The highest BCUT2D eigenvalue weighted by Gasteiger charge is 2.35. The van der Waals surface area contributed by atoms with Crippen molar-refractivity contribution in [2.24, 2.45) is 4.99 Å². The first kappa shape index (κ1) is 29.8. The fourth-order valence-corrected chi connectivity index (χ4v) is 2.51. The van der Waals surface area contributed by atoms with Gasteiger partial charge in [-0.15, -0.1) is 26.3 Å². The lowest BCUT2D eigenvalue weighted by molar-refractivity contribution is -0.276. The van der Waals surface area contributed by atoms with Crippen molar-refractivity contribution < 1.29 is 55.5 Å². The van der Waals surface area contributed by atoms with Gasteiger partial charge in [0.2, 0.25) is 12.2 Å². The molecule has 32 heavy (non-hydrogen) atoms. The van der Waals surface area contributed by atoms with Gasteiger partial charge in [0.1, 0.15) is 11.5 Å². The summed E-state index contributed by atoms with van der Waals surface area (Å²) < 4.78 is 92.5. The van der Waals surface area contributed by atoms with Gasteiger partial charge >= 0.3 is 12.7 Å². The number of methoxy groups -OCH3 is 1. The number of aliphatic imine (C=N–C) groups is 1. The molecule has 0 aromatic heterocycles. The molecule has 186 valence electrons. The molecule has 1 aliphatic heterocycles. The minimum Gasteiger partial charge on any atom is -0.448 e. The molecule has 3 atom stereocenters. The number of aliphatic hydroxyl groups excluding tert-OH is 2. The Hall–Kier alpha value is -2.25. The molecule has 0 amide bonds. The summed E-state index contributed by atoms with van der Waals surface area (Å²) in [5.41, 5.74) is -0.283. The van der Waals surface area contributed by atoms with E-state index in [-0.39, 0.29) is 24.0 Å². The van der Waals surface area contributed by atoms with Crippen molar-refractivity contribution in [2.45, 2.75) is 64.8 Å². The summed E-state index contributed by atoms with van der Waals surface area (Å²) in [6.07, 6.45) is -11.4. The second-order valence-corrected chi connectivity index (χ2v) is 5.97. The summed E-state index contributed by atoms with van der Waals surface area (Å²) in [6, 6.07) is 1.47. The van der Waals surface area contributed by atoms with Gasteiger partial charge in [-0.05, 0) is 25.5 Å². The quantitative estimate of drug-likeness (QED) is 0.588. The Kier molecular flexibility index (Phi) is 12.4. The van der Waals surface area contributed by atoms with Crippen molar-refractivity contribution in [2.75, 3.05) is 14.2 Å². The van der Waals surface area contributed by atoms with E-state index in [1.54, 1.807) is 6.92 Å². The molecule has 0 saturated heterocycles. The van der Waals surface area contributed by atoms with E-state index in [1.165, 1.54) is 7.11 Å². The topological polar surface area (TPSA) is 89.7 Å². The van der Waals surface area contributed by atoms with E-state index < -0.39 is 36.6 Å². The fraction of sp³-hybridized carbons (Fsp3) is 0.632. The number of ether oxygens (including phenoxy) is 4. The van der Waals surface area contributed by atoms with Crippen molar-refractivity contribution in [3.63, 3.8) is 0 Å². The lowest BCUT2D eigenvalue weighted by Gasteiger charge is -2.27. The molecule has 2 rings (SSSR count). The zero-order chi connectivity index (χ0) is 25.1. The standard InChI is InChI=1S/C16H17F6NO5.C2H6.CH4O/c1-8(25-2)3-10-6-13(24)26-14(23-10)9-4-11(27-15(17,18)19)7-12(5-9)28-16(20,21)22;2*1-2/h4-5,7-8,10,13,24H,3,6H2,1-2H3;1-2H3;2H,1H3. The number of rotatable bonds is 6. The van der Waals surface area contributed by atoms with Crippen molar-refractivity contribution in [1.82, 2.24) is 0 Å². The van der Waals surface area contributed by atoms with Crippen molar-refractivity contribution in [1.29, 1.82) is 0 Å². The van der Waals surface area contributed by atoms with Gasteiger partial charge in [-0.2, -0.15) is 0 Å². The van der Waals surface area contributed by atoms with Crippen LogP contribution in [-0.4, -0.2) is 61.5 Å². The fourth-order valence-electron chi connectivity index (χ4n) is 2.51. The van der Waals surface area contributed by atoms with E-state index in [0.717, 1.165) is 19.2 Å². The summed E-state index contributed by atoms with van der Waals surface area (Å²) in [4.78, 5) is 4.15. The molecule has 1 aliphatic rings. The Bertz CT molecular complexity index is 676. The Labute approximate surface area is 181 Å². The number of halogens is 6. The van der Waals surface area contributed by atoms with Crippen LogP contribution in [0.5, 0.6) is 11.5 Å². The molecule has 0 saturated carbocycles. The van der Waals surface area contributed by atoms with E-state index in [2.05, 4.69) is 14.5 Å². The maximum absolute atomic E-state index is 12.5. The summed E-state index contributed by atoms with van der Waals surface area (Å²) in [5, 5.41) is 16.8. The molecule has 1 heterocycles. The van der Waals surface area contributed by atoms with E-state index >= 15 is 0 Å². The number of hydrogen-bond acceptors (Lipinski definition) is 7. The van der Waals surface area contributed by atoms with Crippen LogP contribution >= 0.6 is 0 Å². The first-order chi connectivity index (χ1) is 14.8. The van der Waals surface area contributed by atoms with Gasteiger partial charge < -0.3 is 29.2 Å². The number of hydrogen-bond donors (Lipinski definition) is 2. The van der Waals surface area contributed by atoms with E-state index in [9.17, 15) is 31.4 Å². The van der Waals surface area contributed by atoms with Crippen LogP contribution in [0, 0.1) is 0 Å². The van der Waals surface area contributed by atoms with Gasteiger partial charge in [-0.25, -0.2) is 4.99 Å². The Morgan fingerprint density at radius 2 is 1.50 bits per heavy atom. The minimum atomic E-state index is -5.14. The predicted octanol–water partition coefficient (Wildman–Crippen LogP) is 4.40. The number of benzene rings is 1. The molecule has 0 spiro atoms. The summed E-state index contributed by atoms with van der Waals surface area (Å²) in [5.74, 6) is -2.26. The smallest absolute Gasteiger partial charge is 0.448 e. The van der Waals surface area contributed by atoms with Gasteiger partial charge in [0.05, 0.1) is 12.1 Å². The molecule has 1 aromatic rings. The van der Waals surface area contributed by atoms with Crippen LogP contribution in [0.2, 0.25) is 0 Å². The number of alkyl halides is 6. The third kappa shape index (κ3) is 11.4. The third-order valence-electron chi connectivity index (χ3n) is 3.62. The van der Waals surface area contributed by atoms with Crippen LogP contribution < -0.4 is 9.47 Å². The van der Waals surface area contributed by atoms with Crippen molar-refractivity contribution >= 4 is 5.90 Å². The zero-order valence-electron chi connectivity index (χ0n) is 18.1. The van der Waals surface area contributed by atoms with Crippen molar-refractivity contribution in [3.05, 3.63) is 23.8 Å². The average Bonchev–Trinajstić information content (AvgIpc) is 2.67. The van der Waals surface area contributed by atoms with E-state index in [1.807, 2.05) is 13.8 Å².